The van der Waals surface area contributed by atoms with Gasteiger partial charge in [0.15, 0.2) is 0 Å². The van der Waals surface area contributed by atoms with Gasteiger partial charge in [0.25, 0.3) is 0 Å². The highest BCUT2D eigenvalue weighted by Gasteiger charge is 2.61. The number of hydrogen-bond acceptors (Lipinski definition) is 3. The van der Waals surface area contributed by atoms with Crippen LogP contribution in [0.1, 0.15) is 42.4 Å². The number of rotatable bonds is 5. The molecule has 0 saturated heterocycles. The minimum Gasteiger partial charge on any atom is -0.507 e. The van der Waals surface area contributed by atoms with Gasteiger partial charge in [0, 0.05) is 22.8 Å². The molecule has 0 saturated carbocycles. The van der Waals surface area contributed by atoms with Crippen molar-refractivity contribution in [1.29, 1.82) is 0 Å². The normalized spacial score (nSPS) is 25.2. The van der Waals surface area contributed by atoms with Gasteiger partial charge in [-0.1, -0.05) is 47.1 Å². The average molecular weight is 414 g/mol. The molecule has 152 valence electrons. The van der Waals surface area contributed by atoms with Gasteiger partial charge < -0.3 is 14.9 Å². The molecule has 0 aromatic heterocycles. The first kappa shape index (κ1) is 23.2. The second-order valence-electron chi connectivity index (χ2n) is 9.29. The molecule has 3 atom stereocenters. The van der Waals surface area contributed by atoms with Crippen LogP contribution in [-0.4, -0.2) is 60.4 Å². The van der Waals surface area contributed by atoms with E-state index in [0.717, 1.165) is 17.6 Å². The third-order valence-corrected chi connectivity index (χ3v) is 6.84. The monoisotopic (exact) mass is 414 g/mol. The minimum absolute atomic E-state index is 0.106. The summed E-state index contributed by atoms with van der Waals surface area (Å²) in [6.07, 6.45) is 4.71. The standard InChI is InChI=1S/C24H23B5O3/c1-14-7-10-18-17(11-14)21-19(30)12-16(9-8-15-5-3-2-4-6-15)13-20(21)32-22(18,23(25,26)27)24(28,29)31/h2-6,11-13,17-18,30-31H,7-10H2,1H3. The molecule has 1 aliphatic carbocycles. The summed E-state index contributed by atoms with van der Waals surface area (Å²) in [5.74, 6) is -0.487. The number of hydrogen-bond donors (Lipinski definition) is 2. The number of fused-ring (bicyclic) bond motifs is 3. The first-order valence-corrected chi connectivity index (χ1v) is 10.9. The Labute approximate surface area is 197 Å². The van der Waals surface area contributed by atoms with Crippen molar-refractivity contribution in [3.05, 3.63) is 70.8 Å². The Morgan fingerprint density at radius 2 is 1.69 bits per heavy atom. The molecule has 1 aliphatic heterocycles. The van der Waals surface area contributed by atoms with Gasteiger partial charge in [-0.25, -0.2) is 0 Å². The van der Waals surface area contributed by atoms with Crippen LogP contribution in [0.5, 0.6) is 11.5 Å². The largest absolute Gasteiger partial charge is 0.507 e. The lowest BCUT2D eigenvalue weighted by atomic mass is 9.27. The Kier molecular flexibility index (Phi) is 5.90. The summed E-state index contributed by atoms with van der Waals surface area (Å²) in [5.41, 5.74) is 1.87. The molecule has 0 spiro atoms. The van der Waals surface area contributed by atoms with Crippen LogP contribution >= 0.6 is 0 Å². The molecule has 1 heterocycles. The van der Waals surface area contributed by atoms with Gasteiger partial charge in [0.05, 0.1) is 23.5 Å². The Bertz CT molecular complexity index is 1010. The van der Waals surface area contributed by atoms with Crippen LogP contribution in [0.25, 0.3) is 0 Å². The topological polar surface area (TPSA) is 49.7 Å². The van der Waals surface area contributed by atoms with Crippen molar-refractivity contribution in [2.75, 3.05) is 0 Å². The Balaban J connectivity index is 1.82. The molecular formula is C24H23B5O3. The van der Waals surface area contributed by atoms with E-state index in [9.17, 15) is 10.2 Å². The summed E-state index contributed by atoms with van der Waals surface area (Å²) >= 11 is 0. The van der Waals surface area contributed by atoms with E-state index in [4.69, 9.17) is 44.0 Å². The Morgan fingerprint density at radius 3 is 2.31 bits per heavy atom. The summed E-state index contributed by atoms with van der Waals surface area (Å²) < 4.78 is 6.26. The zero-order chi connectivity index (χ0) is 23.3. The molecule has 8 heteroatoms. The third kappa shape index (κ3) is 3.85. The number of ether oxygens (including phenoxy) is 1. The number of aliphatic hydroxyl groups is 1. The molecule has 2 aromatic carbocycles. The average Bonchev–Trinajstić information content (AvgIpc) is 2.70. The number of aryl methyl sites for hydroxylation is 2. The van der Waals surface area contributed by atoms with Crippen molar-refractivity contribution in [2.24, 2.45) is 5.92 Å². The van der Waals surface area contributed by atoms with E-state index >= 15 is 0 Å². The van der Waals surface area contributed by atoms with Crippen molar-refractivity contribution in [3.63, 3.8) is 0 Å². The van der Waals surface area contributed by atoms with Gasteiger partial charge in [-0.2, -0.15) is 0 Å². The molecule has 32 heavy (non-hydrogen) atoms. The summed E-state index contributed by atoms with van der Waals surface area (Å²) in [7, 11) is 30.6. The zero-order valence-corrected chi connectivity index (χ0v) is 18.3. The van der Waals surface area contributed by atoms with Crippen LogP contribution in [0.2, 0.25) is 5.11 Å². The number of aromatic hydroxyl groups is 1. The molecule has 2 aliphatic rings. The van der Waals surface area contributed by atoms with Crippen molar-refractivity contribution in [1.82, 2.24) is 0 Å². The maximum Gasteiger partial charge on any atom is 0.127 e. The first-order valence-electron chi connectivity index (χ1n) is 10.9. The van der Waals surface area contributed by atoms with Crippen LogP contribution < -0.4 is 4.74 Å². The predicted octanol–water partition coefficient (Wildman–Crippen LogP) is 2.31. The third-order valence-electron chi connectivity index (χ3n) is 6.84. The fourth-order valence-electron chi connectivity index (χ4n) is 5.36. The highest BCUT2D eigenvalue weighted by Crippen LogP contribution is 2.60. The maximum atomic E-state index is 11.0. The predicted molar refractivity (Wildman–Crippen MR) is 131 cm³/mol. The second-order valence-corrected chi connectivity index (χ2v) is 9.29. The van der Waals surface area contributed by atoms with Crippen molar-refractivity contribution >= 4 is 39.2 Å². The van der Waals surface area contributed by atoms with Gasteiger partial charge in [-0.15, -0.1) is 0 Å². The minimum atomic E-state index is -2.43. The summed E-state index contributed by atoms with van der Waals surface area (Å²) in [4.78, 5) is 0. The van der Waals surface area contributed by atoms with Gasteiger partial charge in [0.2, 0.25) is 0 Å². The molecule has 0 fully saturated rings. The molecule has 3 unspecified atom stereocenters. The Morgan fingerprint density at radius 1 is 1.03 bits per heavy atom. The Hall–Kier alpha value is -1.94. The van der Waals surface area contributed by atoms with E-state index in [1.165, 1.54) is 5.56 Å². The van der Waals surface area contributed by atoms with Gasteiger partial charge in [-0.05, 0) is 55.9 Å². The van der Waals surface area contributed by atoms with E-state index in [2.05, 4.69) is 12.1 Å². The van der Waals surface area contributed by atoms with Gasteiger partial charge in [-0.3, -0.25) is 0 Å². The van der Waals surface area contributed by atoms with E-state index in [0.29, 0.717) is 30.6 Å². The molecule has 0 bridgehead atoms. The maximum absolute atomic E-state index is 11.0. The van der Waals surface area contributed by atoms with Crippen LogP contribution in [0.4, 0.5) is 0 Å². The lowest BCUT2D eigenvalue weighted by molar-refractivity contribution is -0.0985. The van der Waals surface area contributed by atoms with Gasteiger partial charge in [0.1, 0.15) is 32.8 Å². The summed E-state index contributed by atoms with van der Waals surface area (Å²) in [6.45, 7) is 2.01. The first-order chi connectivity index (χ1) is 14.9. The van der Waals surface area contributed by atoms with Crippen LogP contribution in [0, 0.1) is 5.92 Å². The molecule has 0 amide bonds. The van der Waals surface area contributed by atoms with E-state index in [1.807, 2.05) is 37.3 Å². The highest BCUT2D eigenvalue weighted by atomic mass is 16.5. The van der Waals surface area contributed by atoms with Crippen LogP contribution in [-0.2, 0) is 12.8 Å². The van der Waals surface area contributed by atoms with Crippen molar-refractivity contribution in [3.8, 4) is 11.5 Å². The quantitative estimate of drug-likeness (QED) is 0.584. The zero-order valence-electron chi connectivity index (χ0n) is 18.3. The SMILES string of the molecule is [B]C([B])([B])C1(C([B])([B])O)Oc2cc(CCc3ccccc3)cc(O)c2C2C=C(C)CCC21. The van der Waals surface area contributed by atoms with Crippen molar-refractivity contribution < 1.29 is 14.9 Å². The van der Waals surface area contributed by atoms with Crippen molar-refractivity contribution in [2.45, 2.75) is 54.6 Å². The number of allylic oxidation sites excluding steroid dienone is 2. The summed E-state index contributed by atoms with van der Waals surface area (Å²) in [5, 5.41) is 17.4. The van der Waals surface area contributed by atoms with E-state index in [-0.39, 0.29) is 11.7 Å². The van der Waals surface area contributed by atoms with E-state index in [1.54, 1.807) is 6.07 Å². The molecule has 10 radical (unpaired) electrons. The smallest absolute Gasteiger partial charge is 0.127 e. The number of benzene rings is 2. The molecule has 3 nitrogen and oxygen atoms in total. The summed E-state index contributed by atoms with van der Waals surface area (Å²) in [6, 6.07) is 13.6. The lowest BCUT2D eigenvalue weighted by Crippen LogP contribution is -2.72. The molecular weight excluding hydrogens is 390 g/mol. The van der Waals surface area contributed by atoms with Gasteiger partial charge >= 0.3 is 0 Å². The van der Waals surface area contributed by atoms with Crippen LogP contribution in [0.3, 0.4) is 0 Å². The van der Waals surface area contributed by atoms with E-state index < -0.39 is 22.0 Å². The lowest BCUT2D eigenvalue weighted by Gasteiger charge is -2.62. The number of phenolic OH excluding ortho intramolecular Hbond substituents is 1. The molecule has 2 N–H and O–H groups in total. The highest BCUT2D eigenvalue weighted by molar-refractivity contribution is 6.61. The fourth-order valence-corrected chi connectivity index (χ4v) is 5.36. The number of phenols is 1. The second kappa shape index (κ2) is 8.13. The fraction of sp³-hybridized carbons (Fsp3) is 0.417. The van der Waals surface area contributed by atoms with Crippen LogP contribution in [0.15, 0.2) is 54.1 Å². The molecule has 4 rings (SSSR count). The molecule has 2 aromatic rings.